The van der Waals surface area contributed by atoms with Crippen LogP contribution < -0.4 is 9.47 Å². The van der Waals surface area contributed by atoms with Crippen molar-refractivity contribution in [1.29, 1.82) is 0 Å². The number of benzene rings is 3. The zero-order valence-corrected chi connectivity index (χ0v) is 20.6. The Morgan fingerprint density at radius 2 is 1.69 bits per heavy atom. The van der Waals surface area contributed by atoms with Crippen molar-refractivity contribution in [1.82, 2.24) is 4.90 Å². The van der Waals surface area contributed by atoms with E-state index in [4.69, 9.17) is 9.47 Å². The van der Waals surface area contributed by atoms with Gasteiger partial charge in [0, 0.05) is 0 Å². The van der Waals surface area contributed by atoms with Gasteiger partial charge in [-0.3, -0.25) is 14.5 Å². The van der Waals surface area contributed by atoms with Gasteiger partial charge >= 0.3 is 5.97 Å². The number of aryl methyl sites for hydroxylation is 3. The number of esters is 1. The van der Waals surface area contributed by atoms with Crippen molar-refractivity contribution < 1.29 is 23.9 Å². The van der Waals surface area contributed by atoms with Gasteiger partial charge in [0.2, 0.25) is 0 Å². The van der Waals surface area contributed by atoms with Crippen LogP contribution in [0.25, 0.3) is 6.08 Å². The normalized spacial score (nSPS) is 14.5. The van der Waals surface area contributed by atoms with Crippen LogP contribution in [0.5, 0.6) is 11.5 Å². The van der Waals surface area contributed by atoms with Crippen LogP contribution in [-0.4, -0.2) is 35.2 Å². The summed E-state index contributed by atoms with van der Waals surface area (Å²) in [5, 5.41) is -0.340. The molecule has 6 nitrogen and oxygen atoms in total. The molecule has 35 heavy (non-hydrogen) atoms. The van der Waals surface area contributed by atoms with Crippen LogP contribution in [0.3, 0.4) is 0 Å². The van der Waals surface area contributed by atoms with Gasteiger partial charge in [-0.25, -0.2) is 4.79 Å². The van der Waals surface area contributed by atoms with E-state index in [0.717, 1.165) is 34.2 Å². The second kappa shape index (κ2) is 10.6. The van der Waals surface area contributed by atoms with Crippen LogP contribution in [0.4, 0.5) is 4.79 Å². The van der Waals surface area contributed by atoms with Crippen LogP contribution in [0, 0.1) is 20.8 Å². The van der Waals surface area contributed by atoms with Crippen LogP contribution in [0.15, 0.2) is 71.6 Å². The lowest BCUT2D eigenvalue weighted by molar-refractivity contribution is -0.123. The molecule has 1 fully saturated rings. The number of hydrogen-bond donors (Lipinski definition) is 0. The zero-order chi connectivity index (χ0) is 24.9. The van der Waals surface area contributed by atoms with E-state index in [9.17, 15) is 14.4 Å². The van der Waals surface area contributed by atoms with Crippen molar-refractivity contribution in [2.45, 2.75) is 20.8 Å². The molecule has 1 aliphatic heterocycles. The van der Waals surface area contributed by atoms with Crippen molar-refractivity contribution >= 4 is 35.0 Å². The van der Waals surface area contributed by atoms with Crippen LogP contribution in [0.1, 0.15) is 32.6 Å². The maximum atomic E-state index is 12.8. The first kappa shape index (κ1) is 24.3. The molecule has 0 N–H and O–H groups in total. The highest BCUT2D eigenvalue weighted by molar-refractivity contribution is 8.18. The molecule has 178 valence electrons. The monoisotopic (exact) mass is 487 g/mol. The van der Waals surface area contributed by atoms with E-state index in [1.807, 2.05) is 51.1 Å². The summed E-state index contributed by atoms with van der Waals surface area (Å²) in [4.78, 5) is 39.2. The number of rotatable bonds is 7. The van der Waals surface area contributed by atoms with E-state index in [0.29, 0.717) is 21.8 Å². The number of thioether (sulfide) groups is 1. The second-order valence-corrected chi connectivity index (χ2v) is 9.27. The van der Waals surface area contributed by atoms with Crippen molar-refractivity contribution in [3.8, 4) is 11.5 Å². The molecule has 0 unspecified atom stereocenters. The third kappa shape index (κ3) is 6.00. The number of imide groups is 1. The van der Waals surface area contributed by atoms with Crippen LogP contribution in [-0.2, 0) is 4.79 Å². The van der Waals surface area contributed by atoms with Gasteiger partial charge < -0.3 is 9.47 Å². The first-order chi connectivity index (χ1) is 16.8. The number of amides is 2. The number of nitrogens with zero attached hydrogens (tertiary/aromatic N) is 1. The Bertz CT molecular complexity index is 1310. The molecule has 7 heteroatoms. The Hall–Kier alpha value is -3.84. The number of carbonyl (C=O) groups excluding carboxylic acids is 3. The quantitative estimate of drug-likeness (QED) is 0.233. The molecule has 0 radical (unpaired) electrons. The van der Waals surface area contributed by atoms with Gasteiger partial charge in [0.25, 0.3) is 11.1 Å². The molecule has 0 spiro atoms. The van der Waals surface area contributed by atoms with Crippen molar-refractivity contribution in [3.05, 3.63) is 99.5 Å². The van der Waals surface area contributed by atoms with E-state index in [1.54, 1.807) is 42.5 Å². The molecule has 1 saturated heterocycles. The van der Waals surface area contributed by atoms with Gasteiger partial charge in [0.05, 0.1) is 17.0 Å². The summed E-state index contributed by atoms with van der Waals surface area (Å²) in [6, 6.07) is 19.8. The predicted molar refractivity (Wildman–Crippen MR) is 137 cm³/mol. The fourth-order valence-electron chi connectivity index (χ4n) is 3.48. The second-order valence-electron chi connectivity index (χ2n) is 8.28. The molecule has 2 amide bonds. The molecule has 3 aromatic rings. The summed E-state index contributed by atoms with van der Waals surface area (Å²) in [6.45, 7) is 6.23. The van der Waals surface area contributed by atoms with E-state index in [-0.39, 0.29) is 24.3 Å². The highest BCUT2D eigenvalue weighted by Gasteiger charge is 2.34. The van der Waals surface area contributed by atoms with Gasteiger partial charge in [-0.15, -0.1) is 0 Å². The lowest BCUT2D eigenvalue weighted by atomic mass is 10.1. The Labute approximate surface area is 208 Å². The first-order valence-electron chi connectivity index (χ1n) is 11.1. The average Bonchev–Trinajstić information content (AvgIpc) is 3.09. The molecular formula is C28H25NO5S. The maximum Gasteiger partial charge on any atom is 0.343 e. The Kier molecular flexibility index (Phi) is 7.36. The minimum atomic E-state index is -0.466. The summed E-state index contributed by atoms with van der Waals surface area (Å²) in [7, 11) is 0. The van der Waals surface area contributed by atoms with Gasteiger partial charge in [-0.05, 0) is 85.6 Å². The Morgan fingerprint density at radius 1 is 0.943 bits per heavy atom. The molecule has 1 heterocycles. The van der Waals surface area contributed by atoms with E-state index in [2.05, 4.69) is 0 Å². The topological polar surface area (TPSA) is 72.9 Å². The SMILES string of the molecule is Cc1ccc(C(=O)Oc2cccc(/C=C3\SC(=O)N(CCOc4cc(C)ccc4C)C3=O)c2)cc1. The summed E-state index contributed by atoms with van der Waals surface area (Å²) >= 11 is 0.882. The smallest absolute Gasteiger partial charge is 0.343 e. The Balaban J connectivity index is 1.40. The van der Waals surface area contributed by atoms with Gasteiger partial charge in [0.15, 0.2) is 0 Å². The van der Waals surface area contributed by atoms with Gasteiger partial charge in [-0.1, -0.05) is 42.0 Å². The molecule has 0 aromatic heterocycles. The van der Waals surface area contributed by atoms with E-state index >= 15 is 0 Å². The number of ether oxygens (including phenoxy) is 2. The standard InChI is InChI=1S/C28H25NO5S/c1-18-8-11-22(12-9-18)27(31)34-23-6-4-5-21(16-23)17-25-26(30)29(28(32)35-25)13-14-33-24-15-19(2)7-10-20(24)3/h4-12,15-17H,13-14H2,1-3H3/b25-17-. The molecule has 0 atom stereocenters. The van der Waals surface area contributed by atoms with Crippen molar-refractivity contribution in [2.24, 2.45) is 0 Å². The minimum absolute atomic E-state index is 0.156. The molecule has 1 aliphatic rings. The molecule has 0 saturated carbocycles. The molecule has 0 aliphatic carbocycles. The third-order valence-corrected chi connectivity index (χ3v) is 6.35. The summed E-state index contributed by atoms with van der Waals surface area (Å²) in [5.41, 5.74) is 4.22. The summed E-state index contributed by atoms with van der Waals surface area (Å²) in [5.74, 6) is 0.257. The maximum absolute atomic E-state index is 12.8. The average molecular weight is 488 g/mol. The fraction of sp³-hybridized carbons (Fsp3) is 0.179. The van der Waals surface area contributed by atoms with E-state index < -0.39 is 5.97 Å². The predicted octanol–water partition coefficient (Wildman–Crippen LogP) is 5.95. The van der Waals surface area contributed by atoms with Crippen LogP contribution >= 0.6 is 11.8 Å². The van der Waals surface area contributed by atoms with Crippen molar-refractivity contribution in [3.63, 3.8) is 0 Å². The van der Waals surface area contributed by atoms with Crippen LogP contribution in [0.2, 0.25) is 0 Å². The summed E-state index contributed by atoms with van der Waals surface area (Å²) < 4.78 is 11.3. The number of carbonyl (C=O) groups is 3. The highest BCUT2D eigenvalue weighted by atomic mass is 32.2. The largest absolute Gasteiger partial charge is 0.491 e. The lowest BCUT2D eigenvalue weighted by Crippen LogP contribution is -2.32. The lowest BCUT2D eigenvalue weighted by Gasteiger charge is -2.14. The third-order valence-electron chi connectivity index (χ3n) is 5.44. The van der Waals surface area contributed by atoms with Gasteiger partial charge in [-0.2, -0.15) is 0 Å². The molecule has 3 aromatic carbocycles. The fourth-order valence-corrected chi connectivity index (χ4v) is 4.34. The highest BCUT2D eigenvalue weighted by Crippen LogP contribution is 2.32. The minimum Gasteiger partial charge on any atom is -0.491 e. The van der Waals surface area contributed by atoms with Gasteiger partial charge in [0.1, 0.15) is 18.1 Å². The Morgan fingerprint density at radius 3 is 2.46 bits per heavy atom. The molecule has 0 bridgehead atoms. The van der Waals surface area contributed by atoms with E-state index in [1.165, 1.54) is 4.90 Å². The number of hydrogen-bond acceptors (Lipinski definition) is 6. The summed E-state index contributed by atoms with van der Waals surface area (Å²) in [6.07, 6.45) is 1.62. The molecular weight excluding hydrogens is 462 g/mol. The zero-order valence-electron chi connectivity index (χ0n) is 19.7. The molecule has 4 rings (SSSR count). The van der Waals surface area contributed by atoms with Crippen molar-refractivity contribution in [2.75, 3.05) is 13.2 Å². The first-order valence-corrected chi connectivity index (χ1v) is 12.0.